The molecular formula is C18H19F3N2O2. The molecule has 1 aliphatic carbocycles. The fourth-order valence-corrected chi connectivity index (χ4v) is 3.41. The molecule has 1 aliphatic rings. The van der Waals surface area contributed by atoms with Crippen molar-refractivity contribution in [2.24, 2.45) is 5.92 Å². The van der Waals surface area contributed by atoms with Crippen LogP contribution in [0.2, 0.25) is 0 Å². The van der Waals surface area contributed by atoms with E-state index in [0.29, 0.717) is 11.4 Å². The summed E-state index contributed by atoms with van der Waals surface area (Å²) in [4.78, 5) is 12.0. The zero-order valence-electron chi connectivity index (χ0n) is 14.0. The molecule has 134 valence electrons. The quantitative estimate of drug-likeness (QED) is 0.784. The summed E-state index contributed by atoms with van der Waals surface area (Å²) in [6, 6.07) is 7.62. The number of carbonyl (C=O) groups is 1. The summed E-state index contributed by atoms with van der Waals surface area (Å²) < 4.78 is 47.0. The second-order valence-electron chi connectivity index (χ2n) is 6.43. The lowest BCUT2D eigenvalue weighted by molar-refractivity contribution is -0.154. The fraction of sp³-hybridized carbons (Fsp3) is 0.444. The second-order valence-corrected chi connectivity index (χ2v) is 6.43. The maximum Gasteiger partial charge on any atom is 0.309 e. The Hall–Kier alpha value is -2.31. The van der Waals surface area contributed by atoms with E-state index in [1.807, 2.05) is 6.92 Å². The number of hydrogen-bond donors (Lipinski definition) is 0. The Morgan fingerprint density at radius 3 is 2.64 bits per heavy atom. The zero-order chi connectivity index (χ0) is 18.2. The lowest BCUT2D eigenvalue weighted by Crippen LogP contribution is -2.36. The Labute approximate surface area is 143 Å². The molecule has 1 heterocycles. The van der Waals surface area contributed by atoms with Crippen molar-refractivity contribution in [3.63, 3.8) is 0 Å². The smallest absolute Gasteiger partial charge is 0.309 e. The molecule has 25 heavy (non-hydrogen) atoms. The molecule has 0 amide bonds. The van der Waals surface area contributed by atoms with Crippen molar-refractivity contribution >= 4 is 5.97 Å². The highest BCUT2D eigenvalue weighted by Gasteiger charge is 2.46. The van der Waals surface area contributed by atoms with Gasteiger partial charge in [0.25, 0.3) is 0 Å². The molecular weight excluding hydrogens is 333 g/mol. The van der Waals surface area contributed by atoms with E-state index in [4.69, 9.17) is 4.74 Å². The monoisotopic (exact) mass is 352 g/mol. The van der Waals surface area contributed by atoms with Crippen LogP contribution in [-0.4, -0.2) is 28.8 Å². The highest BCUT2D eigenvalue weighted by atomic mass is 19.3. The van der Waals surface area contributed by atoms with Gasteiger partial charge in [-0.2, -0.15) is 5.10 Å². The van der Waals surface area contributed by atoms with Crippen molar-refractivity contribution in [3.8, 4) is 5.69 Å². The molecule has 0 radical (unpaired) electrons. The van der Waals surface area contributed by atoms with Gasteiger partial charge in [-0.15, -0.1) is 0 Å². The van der Waals surface area contributed by atoms with E-state index < -0.39 is 30.1 Å². The molecule has 0 N–H and O–H groups in total. The Morgan fingerprint density at radius 1 is 1.32 bits per heavy atom. The van der Waals surface area contributed by atoms with Gasteiger partial charge in [0.1, 0.15) is 5.82 Å². The van der Waals surface area contributed by atoms with Crippen molar-refractivity contribution in [3.05, 3.63) is 47.5 Å². The topological polar surface area (TPSA) is 44.1 Å². The highest BCUT2D eigenvalue weighted by Crippen LogP contribution is 2.45. The highest BCUT2D eigenvalue weighted by molar-refractivity contribution is 5.73. The van der Waals surface area contributed by atoms with Crippen LogP contribution in [0.3, 0.4) is 0 Å². The molecule has 0 spiro atoms. The summed E-state index contributed by atoms with van der Waals surface area (Å²) >= 11 is 0. The molecule has 3 rings (SSSR count). The third-order valence-electron chi connectivity index (χ3n) is 4.69. The third kappa shape index (κ3) is 3.55. The van der Waals surface area contributed by atoms with Crippen molar-refractivity contribution < 1.29 is 22.7 Å². The van der Waals surface area contributed by atoms with Gasteiger partial charge in [0.2, 0.25) is 5.92 Å². The molecule has 2 atom stereocenters. The summed E-state index contributed by atoms with van der Waals surface area (Å²) in [5.74, 6) is -5.21. The van der Waals surface area contributed by atoms with Gasteiger partial charge in [0, 0.05) is 24.5 Å². The van der Waals surface area contributed by atoms with Crippen LogP contribution in [0, 0.1) is 18.7 Å². The van der Waals surface area contributed by atoms with Crippen LogP contribution in [0.1, 0.15) is 36.6 Å². The summed E-state index contributed by atoms with van der Waals surface area (Å²) in [5.41, 5.74) is 2.02. The van der Waals surface area contributed by atoms with Gasteiger partial charge in [-0.05, 0) is 43.7 Å². The number of ether oxygens (including phenoxy) is 1. The van der Waals surface area contributed by atoms with Crippen LogP contribution in [0.25, 0.3) is 5.69 Å². The number of carbonyl (C=O) groups excluding carboxylic acids is 1. The first-order valence-electron chi connectivity index (χ1n) is 8.09. The lowest BCUT2D eigenvalue weighted by Gasteiger charge is -2.33. The number of rotatable bonds is 3. The second kappa shape index (κ2) is 6.54. The van der Waals surface area contributed by atoms with E-state index in [-0.39, 0.29) is 18.7 Å². The molecule has 2 unspecified atom stereocenters. The lowest BCUT2D eigenvalue weighted by atomic mass is 9.75. The molecule has 2 aromatic rings. The predicted molar refractivity (Wildman–Crippen MR) is 85.3 cm³/mol. The molecule has 0 saturated heterocycles. The van der Waals surface area contributed by atoms with Gasteiger partial charge in [-0.25, -0.2) is 17.9 Å². The Morgan fingerprint density at radius 2 is 2.00 bits per heavy atom. The summed E-state index contributed by atoms with van der Waals surface area (Å²) in [5, 5.41) is 4.49. The van der Waals surface area contributed by atoms with E-state index >= 15 is 0 Å². The number of methoxy groups -OCH3 is 1. The van der Waals surface area contributed by atoms with Crippen LogP contribution in [-0.2, 0) is 9.53 Å². The molecule has 1 fully saturated rings. The van der Waals surface area contributed by atoms with Gasteiger partial charge in [0.15, 0.2) is 0 Å². The first kappa shape index (κ1) is 17.5. The molecule has 4 nitrogen and oxygen atoms in total. The number of aryl methyl sites for hydroxylation is 1. The summed E-state index contributed by atoms with van der Waals surface area (Å²) in [6.07, 6.45) is -0.660. The van der Waals surface area contributed by atoms with E-state index in [2.05, 4.69) is 5.10 Å². The molecule has 1 aromatic heterocycles. The Kier molecular flexibility index (Phi) is 4.58. The minimum atomic E-state index is -2.87. The van der Waals surface area contributed by atoms with Crippen molar-refractivity contribution in [2.45, 2.75) is 38.0 Å². The van der Waals surface area contributed by atoms with Gasteiger partial charge in [-0.1, -0.05) is 0 Å². The normalized spacial score (nSPS) is 22.6. The first-order chi connectivity index (χ1) is 11.8. The van der Waals surface area contributed by atoms with E-state index in [0.717, 1.165) is 5.69 Å². The number of alkyl halides is 2. The number of esters is 1. The number of hydrogen-bond acceptors (Lipinski definition) is 3. The van der Waals surface area contributed by atoms with Crippen LogP contribution in [0.15, 0.2) is 30.3 Å². The molecule has 1 aromatic carbocycles. The van der Waals surface area contributed by atoms with Crippen LogP contribution in [0.5, 0.6) is 0 Å². The maximum absolute atomic E-state index is 13.8. The largest absolute Gasteiger partial charge is 0.469 e. The van der Waals surface area contributed by atoms with Crippen molar-refractivity contribution in [1.82, 2.24) is 9.78 Å². The maximum atomic E-state index is 13.8. The molecule has 0 bridgehead atoms. The van der Waals surface area contributed by atoms with Crippen molar-refractivity contribution in [1.29, 1.82) is 0 Å². The number of halogens is 3. The van der Waals surface area contributed by atoms with Crippen LogP contribution < -0.4 is 0 Å². The van der Waals surface area contributed by atoms with E-state index in [1.165, 1.54) is 19.2 Å². The van der Waals surface area contributed by atoms with Crippen molar-refractivity contribution in [2.75, 3.05) is 7.11 Å². The Bertz CT molecular complexity index is 771. The fourth-order valence-electron chi connectivity index (χ4n) is 3.41. The SMILES string of the molecule is COC(=O)C1CC(F)(F)CCC1c1cc(C)n(-c2ccc(F)cc2)n1. The number of benzene rings is 1. The van der Waals surface area contributed by atoms with Gasteiger partial charge >= 0.3 is 5.97 Å². The summed E-state index contributed by atoms with van der Waals surface area (Å²) in [6.45, 7) is 1.82. The average Bonchev–Trinajstić information content (AvgIpc) is 2.95. The third-order valence-corrected chi connectivity index (χ3v) is 4.69. The standard InChI is InChI=1S/C18H19F3N2O2/c1-11-9-16(22-23(11)13-5-3-12(19)4-6-13)14-7-8-18(20,21)10-15(14)17(24)25-2/h3-6,9,14-15H,7-8,10H2,1-2H3. The molecule has 1 saturated carbocycles. The Balaban J connectivity index is 1.94. The number of nitrogens with zero attached hydrogens (tertiary/aromatic N) is 2. The summed E-state index contributed by atoms with van der Waals surface area (Å²) in [7, 11) is 1.20. The van der Waals surface area contributed by atoms with Gasteiger partial charge in [-0.3, -0.25) is 4.79 Å². The van der Waals surface area contributed by atoms with E-state index in [9.17, 15) is 18.0 Å². The number of aromatic nitrogens is 2. The van der Waals surface area contributed by atoms with Gasteiger partial charge < -0.3 is 4.74 Å². The van der Waals surface area contributed by atoms with Gasteiger partial charge in [0.05, 0.1) is 24.4 Å². The predicted octanol–water partition coefficient (Wildman–Crippen LogP) is 4.01. The van der Waals surface area contributed by atoms with Crippen LogP contribution in [0.4, 0.5) is 13.2 Å². The average molecular weight is 352 g/mol. The molecule has 7 heteroatoms. The minimum Gasteiger partial charge on any atom is -0.469 e. The zero-order valence-corrected chi connectivity index (χ0v) is 14.0. The van der Waals surface area contributed by atoms with Crippen LogP contribution >= 0.6 is 0 Å². The molecule has 0 aliphatic heterocycles. The first-order valence-corrected chi connectivity index (χ1v) is 8.09. The minimum absolute atomic E-state index is 0.159. The van der Waals surface area contributed by atoms with E-state index in [1.54, 1.807) is 22.9 Å².